The highest BCUT2D eigenvalue weighted by molar-refractivity contribution is 7.92. The summed E-state index contributed by atoms with van der Waals surface area (Å²) in [7, 11) is -3.27. The lowest BCUT2D eigenvalue weighted by Gasteiger charge is -2.43. The van der Waals surface area contributed by atoms with E-state index in [9.17, 15) is 8.42 Å². The Balaban J connectivity index is 2.64. The van der Waals surface area contributed by atoms with Crippen LogP contribution in [0, 0.1) is 6.92 Å². The Kier molecular flexibility index (Phi) is 2.61. The topological polar surface area (TPSA) is 49.4 Å². The van der Waals surface area contributed by atoms with Crippen LogP contribution >= 0.6 is 0 Å². The van der Waals surface area contributed by atoms with Crippen LogP contribution in [0.4, 0.5) is 11.4 Å². The third kappa shape index (κ3) is 2.11. The number of aryl methyl sites for hydroxylation is 1. The van der Waals surface area contributed by atoms with Gasteiger partial charge in [0.1, 0.15) is 0 Å². The summed E-state index contributed by atoms with van der Waals surface area (Å²) < 4.78 is 25.4. The van der Waals surface area contributed by atoms with E-state index in [1.54, 1.807) is 0 Å². The highest BCUT2D eigenvalue weighted by atomic mass is 32.2. The molecule has 0 radical (unpaired) electrons. The van der Waals surface area contributed by atoms with Crippen molar-refractivity contribution < 1.29 is 8.42 Å². The fraction of sp³-hybridized carbons (Fsp3) is 0.500. The molecule has 2 rings (SSSR count). The lowest BCUT2D eigenvalue weighted by Crippen LogP contribution is -2.54. The molecule has 0 saturated carbocycles. The van der Waals surface area contributed by atoms with Crippen molar-refractivity contribution in [1.29, 1.82) is 0 Å². The Morgan fingerprint density at radius 1 is 1.35 bits per heavy atom. The van der Waals surface area contributed by atoms with Gasteiger partial charge < -0.3 is 5.32 Å². The number of rotatable bonds is 1. The van der Waals surface area contributed by atoms with Gasteiger partial charge in [0.2, 0.25) is 10.0 Å². The molecule has 1 aliphatic heterocycles. The maximum atomic E-state index is 11.9. The monoisotopic (exact) mass is 254 g/mol. The smallest absolute Gasteiger partial charge is 0.232 e. The summed E-state index contributed by atoms with van der Waals surface area (Å²) in [6, 6.07) is 5.77. The third-order valence-corrected chi connectivity index (χ3v) is 4.32. The zero-order valence-corrected chi connectivity index (χ0v) is 11.4. The molecule has 0 aliphatic carbocycles. The molecule has 0 bridgehead atoms. The molecule has 0 spiro atoms. The second kappa shape index (κ2) is 3.63. The molecule has 1 heterocycles. The fourth-order valence-electron chi connectivity index (χ4n) is 2.31. The maximum Gasteiger partial charge on any atom is 0.232 e. The Hall–Kier alpha value is -1.23. The van der Waals surface area contributed by atoms with Gasteiger partial charge >= 0.3 is 0 Å². The van der Waals surface area contributed by atoms with E-state index in [-0.39, 0.29) is 0 Å². The highest BCUT2D eigenvalue weighted by Gasteiger charge is 2.38. The molecule has 0 amide bonds. The van der Waals surface area contributed by atoms with Gasteiger partial charge in [-0.05, 0) is 38.5 Å². The van der Waals surface area contributed by atoms with Crippen LogP contribution < -0.4 is 9.62 Å². The second-order valence-corrected chi connectivity index (χ2v) is 7.05. The number of hydrogen-bond acceptors (Lipinski definition) is 3. The van der Waals surface area contributed by atoms with Crippen molar-refractivity contribution in [3.63, 3.8) is 0 Å². The van der Waals surface area contributed by atoms with Crippen molar-refractivity contribution in [2.24, 2.45) is 0 Å². The molecule has 0 atom stereocenters. The van der Waals surface area contributed by atoms with Gasteiger partial charge in [-0.2, -0.15) is 0 Å². The molecular formula is C12H18N2O2S. The van der Waals surface area contributed by atoms with E-state index in [2.05, 4.69) is 5.32 Å². The molecule has 1 aromatic carbocycles. The molecule has 4 nitrogen and oxygen atoms in total. The fourth-order valence-corrected chi connectivity index (χ4v) is 3.78. The van der Waals surface area contributed by atoms with Crippen molar-refractivity contribution in [2.45, 2.75) is 26.3 Å². The van der Waals surface area contributed by atoms with Gasteiger partial charge in [-0.1, -0.05) is 6.07 Å². The summed E-state index contributed by atoms with van der Waals surface area (Å²) in [5, 5.41) is 3.29. The lowest BCUT2D eigenvalue weighted by molar-refractivity contribution is 0.514. The molecule has 17 heavy (non-hydrogen) atoms. The van der Waals surface area contributed by atoms with Gasteiger partial charge in [-0.3, -0.25) is 4.31 Å². The molecule has 0 aromatic heterocycles. The number of hydrogen-bond donors (Lipinski definition) is 1. The number of nitrogens with zero attached hydrogens (tertiary/aromatic N) is 1. The molecular weight excluding hydrogens is 236 g/mol. The van der Waals surface area contributed by atoms with Crippen LogP contribution in [-0.4, -0.2) is 26.8 Å². The summed E-state index contributed by atoms with van der Waals surface area (Å²) in [6.45, 7) is 6.44. The Morgan fingerprint density at radius 3 is 2.59 bits per heavy atom. The van der Waals surface area contributed by atoms with Crippen molar-refractivity contribution in [3.8, 4) is 0 Å². The first kappa shape index (κ1) is 12.2. The van der Waals surface area contributed by atoms with Crippen LogP contribution in [0.3, 0.4) is 0 Å². The van der Waals surface area contributed by atoms with Crippen LogP contribution in [-0.2, 0) is 10.0 Å². The highest BCUT2D eigenvalue weighted by Crippen LogP contribution is 2.38. The minimum absolute atomic E-state index is 0.449. The number of nitrogens with one attached hydrogen (secondary N) is 1. The van der Waals surface area contributed by atoms with Crippen LogP contribution in [0.2, 0.25) is 0 Å². The van der Waals surface area contributed by atoms with E-state index < -0.39 is 15.6 Å². The molecule has 1 aromatic rings. The van der Waals surface area contributed by atoms with Gasteiger partial charge in [0.15, 0.2) is 0 Å². The lowest BCUT2D eigenvalue weighted by atomic mass is 10.0. The van der Waals surface area contributed by atoms with Crippen LogP contribution in [0.15, 0.2) is 18.2 Å². The molecule has 1 aliphatic rings. The van der Waals surface area contributed by atoms with E-state index >= 15 is 0 Å². The first-order valence-corrected chi connectivity index (χ1v) is 7.41. The normalized spacial score (nSPS) is 18.5. The van der Waals surface area contributed by atoms with Gasteiger partial charge in [0.05, 0.1) is 23.2 Å². The predicted octanol–water partition coefficient (Wildman–Crippen LogP) is 1.97. The van der Waals surface area contributed by atoms with E-state index in [0.29, 0.717) is 6.54 Å². The van der Waals surface area contributed by atoms with Gasteiger partial charge in [-0.25, -0.2) is 8.42 Å². The number of benzene rings is 1. The number of fused-ring (bicyclic) bond motifs is 1. The van der Waals surface area contributed by atoms with E-state index in [1.165, 1.54) is 10.6 Å². The van der Waals surface area contributed by atoms with Crippen LogP contribution in [0.25, 0.3) is 0 Å². The molecule has 1 N–H and O–H groups in total. The zero-order chi connectivity index (χ0) is 12.8. The Morgan fingerprint density at radius 2 is 2.00 bits per heavy atom. The molecule has 94 valence electrons. The van der Waals surface area contributed by atoms with Crippen molar-refractivity contribution in [3.05, 3.63) is 23.8 Å². The Labute approximate surface area is 103 Å². The maximum absolute atomic E-state index is 11.9. The third-order valence-electron chi connectivity index (χ3n) is 2.96. The summed E-state index contributed by atoms with van der Waals surface area (Å²) >= 11 is 0. The number of anilines is 2. The minimum atomic E-state index is -3.27. The van der Waals surface area contributed by atoms with Crippen molar-refractivity contribution >= 4 is 21.4 Å². The predicted molar refractivity (Wildman–Crippen MR) is 71.1 cm³/mol. The van der Waals surface area contributed by atoms with Crippen molar-refractivity contribution in [1.82, 2.24) is 0 Å². The summed E-state index contributed by atoms with van der Waals surface area (Å²) in [6.07, 6.45) is 1.25. The summed E-state index contributed by atoms with van der Waals surface area (Å²) in [5.74, 6) is 0. The van der Waals surface area contributed by atoms with Crippen LogP contribution in [0.1, 0.15) is 19.4 Å². The number of sulfonamides is 1. The SMILES string of the molecule is Cc1ccc2c(c1)NCC(C)(C)N2S(C)(=O)=O. The molecule has 0 unspecified atom stereocenters. The average Bonchev–Trinajstić information content (AvgIpc) is 2.15. The summed E-state index contributed by atoms with van der Waals surface area (Å²) in [4.78, 5) is 0. The molecule has 0 saturated heterocycles. The molecule has 5 heteroatoms. The first-order valence-electron chi connectivity index (χ1n) is 5.57. The largest absolute Gasteiger partial charge is 0.381 e. The van der Waals surface area contributed by atoms with Crippen LogP contribution in [0.5, 0.6) is 0 Å². The van der Waals surface area contributed by atoms with Crippen molar-refractivity contribution in [2.75, 3.05) is 22.4 Å². The second-order valence-electron chi connectivity index (χ2n) is 5.21. The quantitative estimate of drug-likeness (QED) is 0.833. The van der Waals surface area contributed by atoms with E-state index in [4.69, 9.17) is 0 Å². The molecule has 0 fully saturated rings. The zero-order valence-electron chi connectivity index (χ0n) is 10.6. The standard InChI is InChI=1S/C12H18N2O2S/c1-9-5-6-11-10(7-9)13-8-12(2,3)14(11)17(4,15)16/h5-7,13H,8H2,1-4H3. The van der Waals surface area contributed by atoms with Gasteiger partial charge in [0, 0.05) is 6.54 Å². The average molecular weight is 254 g/mol. The van der Waals surface area contributed by atoms with E-state index in [0.717, 1.165) is 16.9 Å². The minimum Gasteiger partial charge on any atom is -0.381 e. The van der Waals surface area contributed by atoms with Gasteiger partial charge in [-0.15, -0.1) is 0 Å². The van der Waals surface area contributed by atoms with E-state index in [1.807, 2.05) is 39.0 Å². The first-order chi connectivity index (χ1) is 7.72. The van der Waals surface area contributed by atoms with Gasteiger partial charge in [0.25, 0.3) is 0 Å². The Bertz CT molecular complexity index is 550. The summed E-state index contributed by atoms with van der Waals surface area (Å²) in [5.41, 5.74) is 2.28.